The van der Waals surface area contributed by atoms with E-state index in [0.29, 0.717) is 11.3 Å². The van der Waals surface area contributed by atoms with Crippen LogP contribution in [0, 0.1) is 17.8 Å². The second-order valence-electron chi connectivity index (χ2n) is 10.7. The van der Waals surface area contributed by atoms with Crippen molar-refractivity contribution in [1.29, 1.82) is 0 Å². The smallest absolute Gasteiger partial charge is 0.310 e. The van der Waals surface area contributed by atoms with Gasteiger partial charge in [0.05, 0.1) is 11.8 Å². The first-order valence-corrected chi connectivity index (χ1v) is 12.7. The Morgan fingerprint density at radius 3 is 1.82 bits per heavy atom. The van der Waals surface area contributed by atoms with Crippen molar-refractivity contribution in [2.45, 2.75) is 68.6 Å². The Kier molecular flexibility index (Phi) is 6.09. The van der Waals surface area contributed by atoms with E-state index < -0.39 is 11.9 Å². The zero-order chi connectivity index (χ0) is 23.8. The second-order valence-corrected chi connectivity index (χ2v) is 10.7. The molecule has 0 heterocycles. The summed E-state index contributed by atoms with van der Waals surface area (Å²) in [5, 5.41) is 18.1. The minimum atomic E-state index is -0.677. The summed E-state index contributed by atoms with van der Waals surface area (Å²) in [6.45, 7) is 0. The zero-order valence-corrected chi connectivity index (χ0v) is 19.7. The summed E-state index contributed by atoms with van der Waals surface area (Å²) < 4.78 is 0. The number of rotatable bonds is 6. The Bertz CT molecular complexity index is 1060. The number of allylic oxidation sites excluding steroid dienone is 1. The van der Waals surface area contributed by atoms with Crippen molar-refractivity contribution >= 4 is 11.9 Å². The highest BCUT2D eigenvalue weighted by molar-refractivity contribution is 5.73. The van der Waals surface area contributed by atoms with Crippen molar-refractivity contribution in [2.75, 3.05) is 0 Å². The Morgan fingerprint density at radius 2 is 1.35 bits per heavy atom. The largest absolute Gasteiger partial charge is 0.481 e. The molecule has 3 atom stereocenters. The average Bonchev–Trinajstić information content (AvgIpc) is 3.74. The van der Waals surface area contributed by atoms with Gasteiger partial charge < -0.3 is 10.2 Å². The van der Waals surface area contributed by atoms with E-state index in [1.807, 2.05) is 18.2 Å². The van der Waals surface area contributed by atoms with Crippen LogP contribution in [0.4, 0.5) is 0 Å². The van der Waals surface area contributed by atoms with Gasteiger partial charge in [-0.25, -0.2) is 0 Å². The van der Waals surface area contributed by atoms with Gasteiger partial charge in [-0.2, -0.15) is 0 Å². The Balaban J connectivity index is 0.000000142. The maximum Gasteiger partial charge on any atom is 0.310 e. The third-order valence-electron chi connectivity index (χ3n) is 8.84. The maximum absolute atomic E-state index is 11.0. The average molecular weight is 459 g/mol. The van der Waals surface area contributed by atoms with E-state index in [1.54, 1.807) is 0 Å². The van der Waals surface area contributed by atoms with Gasteiger partial charge in [-0.3, -0.25) is 9.59 Å². The lowest BCUT2D eigenvalue weighted by molar-refractivity contribution is -0.142. The van der Waals surface area contributed by atoms with Crippen molar-refractivity contribution in [1.82, 2.24) is 0 Å². The fourth-order valence-electron chi connectivity index (χ4n) is 6.54. The van der Waals surface area contributed by atoms with Gasteiger partial charge in [0.25, 0.3) is 0 Å². The van der Waals surface area contributed by atoms with Gasteiger partial charge in [-0.15, -0.1) is 0 Å². The molecule has 0 bridgehead atoms. The molecule has 2 aromatic rings. The molecule has 3 saturated carbocycles. The zero-order valence-electron chi connectivity index (χ0n) is 19.7. The third-order valence-corrected chi connectivity index (χ3v) is 8.84. The van der Waals surface area contributed by atoms with Crippen LogP contribution < -0.4 is 0 Å². The van der Waals surface area contributed by atoms with E-state index >= 15 is 0 Å². The predicted octanol–water partition coefficient (Wildman–Crippen LogP) is 6.36. The van der Waals surface area contributed by atoms with Crippen LogP contribution in [-0.2, 0) is 20.4 Å². The Labute approximate surface area is 201 Å². The summed E-state index contributed by atoms with van der Waals surface area (Å²) >= 11 is 0. The predicted molar refractivity (Wildman–Crippen MR) is 132 cm³/mol. The molecule has 4 nitrogen and oxygen atoms in total. The summed E-state index contributed by atoms with van der Waals surface area (Å²) in [4.78, 5) is 22.0. The van der Waals surface area contributed by atoms with Crippen LogP contribution in [0.2, 0.25) is 0 Å². The first-order valence-electron chi connectivity index (χ1n) is 12.7. The number of carboxylic acid groups (broad SMARTS) is 2. The van der Waals surface area contributed by atoms with E-state index in [4.69, 9.17) is 10.2 Å². The highest BCUT2D eigenvalue weighted by atomic mass is 16.4. The number of hydrogen-bond donors (Lipinski definition) is 2. The second kappa shape index (κ2) is 9.05. The SMILES string of the molecule is O=C(O)[C@@H]1CC[C@@H](C2(c3ccccc3)CC2)C1.O=C(O)[C@H]1C=C(C2(c3ccccc3)CC2)CC1. The lowest BCUT2D eigenvalue weighted by Gasteiger charge is -2.23. The van der Waals surface area contributed by atoms with Crippen molar-refractivity contribution < 1.29 is 19.8 Å². The summed E-state index contributed by atoms with van der Waals surface area (Å²) in [5.74, 6) is -1.04. The number of benzene rings is 2. The van der Waals surface area contributed by atoms with Crippen LogP contribution in [0.15, 0.2) is 72.3 Å². The quantitative estimate of drug-likeness (QED) is 0.494. The molecule has 0 unspecified atom stereocenters. The van der Waals surface area contributed by atoms with Crippen LogP contribution >= 0.6 is 0 Å². The molecular formula is C30H34O4. The minimum Gasteiger partial charge on any atom is -0.481 e. The van der Waals surface area contributed by atoms with E-state index in [1.165, 1.54) is 42.4 Å². The van der Waals surface area contributed by atoms with Gasteiger partial charge in [-0.05, 0) is 80.2 Å². The molecule has 2 aromatic carbocycles. The molecule has 3 fully saturated rings. The molecule has 4 heteroatoms. The van der Waals surface area contributed by atoms with Crippen molar-refractivity contribution in [3.8, 4) is 0 Å². The molecular weight excluding hydrogens is 424 g/mol. The highest BCUT2D eigenvalue weighted by Gasteiger charge is 2.53. The molecule has 0 aliphatic heterocycles. The van der Waals surface area contributed by atoms with E-state index in [2.05, 4.69) is 48.5 Å². The minimum absolute atomic E-state index is 0.0961. The monoisotopic (exact) mass is 458 g/mol. The molecule has 4 aliphatic rings. The van der Waals surface area contributed by atoms with Crippen molar-refractivity contribution in [3.63, 3.8) is 0 Å². The fraction of sp³-hybridized carbons (Fsp3) is 0.467. The van der Waals surface area contributed by atoms with Crippen molar-refractivity contribution in [2.24, 2.45) is 17.8 Å². The van der Waals surface area contributed by atoms with Gasteiger partial charge in [-0.1, -0.05) is 72.3 Å². The number of aliphatic carboxylic acids is 2. The summed E-state index contributed by atoms with van der Waals surface area (Å²) in [5.41, 5.74) is 4.65. The summed E-state index contributed by atoms with van der Waals surface area (Å²) in [6.07, 6.45) is 11.4. The standard InChI is InChI=1S/C15H18O2.C15H16O2/c2*16-14(17)11-6-7-13(10-11)15(8-9-15)12-4-2-1-3-5-12/h1-5,11,13H,6-10H2,(H,16,17);1-5,10-11H,6-9H2,(H,16,17)/t11-,13-;11-/m11/s1. The topological polar surface area (TPSA) is 74.6 Å². The maximum atomic E-state index is 11.0. The molecule has 2 N–H and O–H groups in total. The van der Waals surface area contributed by atoms with Crippen LogP contribution in [0.5, 0.6) is 0 Å². The highest BCUT2D eigenvalue weighted by Crippen LogP contribution is 2.59. The number of carboxylic acids is 2. The van der Waals surface area contributed by atoms with Gasteiger partial charge in [0.15, 0.2) is 0 Å². The molecule has 34 heavy (non-hydrogen) atoms. The normalized spacial score (nSPS) is 27.8. The van der Waals surface area contributed by atoms with Gasteiger partial charge in [0.1, 0.15) is 0 Å². The summed E-state index contributed by atoms with van der Waals surface area (Å²) in [7, 11) is 0. The summed E-state index contributed by atoms with van der Waals surface area (Å²) in [6, 6.07) is 21.2. The van der Waals surface area contributed by atoms with E-state index in [9.17, 15) is 9.59 Å². The van der Waals surface area contributed by atoms with Crippen LogP contribution in [0.1, 0.15) is 68.9 Å². The van der Waals surface area contributed by atoms with E-state index in [0.717, 1.165) is 32.1 Å². The first kappa shape index (κ1) is 22.9. The van der Waals surface area contributed by atoms with Gasteiger partial charge in [0.2, 0.25) is 0 Å². The molecule has 0 aromatic heterocycles. The van der Waals surface area contributed by atoms with Crippen LogP contribution in [-0.4, -0.2) is 22.2 Å². The van der Waals surface area contributed by atoms with Crippen LogP contribution in [0.3, 0.4) is 0 Å². The first-order chi connectivity index (χ1) is 16.4. The van der Waals surface area contributed by atoms with E-state index in [-0.39, 0.29) is 17.3 Å². The Hall–Kier alpha value is -2.88. The molecule has 6 rings (SSSR count). The molecule has 0 amide bonds. The van der Waals surface area contributed by atoms with Gasteiger partial charge >= 0.3 is 11.9 Å². The number of hydrogen-bond acceptors (Lipinski definition) is 2. The molecule has 4 aliphatic carbocycles. The Morgan fingerprint density at radius 1 is 0.735 bits per heavy atom. The van der Waals surface area contributed by atoms with Gasteiger partial charge in [0, 0.05) is 5.41 Å². The lowest BCUT2D eigenvalue weighted by Crippen LogP contribution is -2.19. The molecule has 0 radical (unpaired) electrons. The molecule has 0 spiro atoms. The lowest BCUT2D eigenvalue weighted by atomic mass is 9.81. The van der Waals surface area contributed by atoms with Crippen LogP contribution in [0.25, 0.3) is 0 Å². The number of carbonyl (C=O) groups is 2. The molecule has 0 saturated heterocycles. The molecule has 178 valence electrons. The fourth-order valence-corrected chi connectivity index (χ4v) is 6.54. The third kappa shape index (κ3) is 4.31. The van der Waals surface area contributed by atoms with Crippen molar-refractivity contribution in [3.05, 3.63) is 83.4 Å².